The monoisotopic (exact) mass is 560 g/mol. The first-order valence-corrected chi connectivity index (χ1v) is 15.0. The third-order valence-corrected chi connectivity index (χ3v) is 8.18. The van der Waals surface area contributed by atoms with Gasteiger partial charge in [0.05, 0.1) is 4.90 Å². The van der Waals surface area contributed by atoms with E-state index in [2.05, 4.69) is 9.80 Å². The van der Waals surface area contributed by atoms with E-state index in [4.69, 9.17) is 9.47 Å². The molecule has 0 saturated carbocycles. The maximum absolute atomic E-state index is 11.9. The average Bonchev–Trinajstić information content (AvgIpc) is 2.93. The van der Waals surface area contributed by atoms with Crippen molar-refractivity contribution in [2.75, 3.05) is 50.5 Å². The summed E-state index contributed by atoms with van der Waals surface area (Å²) in [6.45, 7) is 6.12. The van der Waals surface area contributed by atoms with Crippen LogP contribution in [0.4, 0.5) is 5.69 Å². The summed E-state index contributed by atoms with van der Waals surface area (Å²) in [7, 11) is -3.31. The van der Waals surface area contributed by atoms with Crippen LogP contribution in [0.5, 0.6) is 17.2 Å². The standard InChI is InChI=1S/C31H32N2O6S/c1-22(34)38-20-19-32-15-17-33(18-16-32)25-6-9-27(10-7-25)39-31-29(13-5-24-21-26(35)8-14-30(24)31)23-3-11-28(12-4-23)40(2,36)37/h3-14,21,35H,15-20H2,1-2H3. The first-order valence-electron chi connectivity index (χ1n) is 13.1. The molecule has 0 radical (unpaired) electrons. The molecular weight excluding hydrogens is 528 g/mol. The number of aromatic hydroxyl groups is 1. The fourth-order valence-corrected chi connectivity index (χ4v) is 5.53. The lowest BCUT2D eigenvalue weighted by Crippen LogP contribution is -2.47. The van der Waals surface area contributed by atoms with Gasteiger partial charge in [0.1, 0.15) is 23.9 Å². The van der Waals surface area contributed by atoms with Gasteiger partial charge in [-0.05, 0) is 71.6 Å². The largest absolute Gasteiger partial charge is 0.508 e. The summed E-state index contributed by atoms with van der Waals surface area (Å²) in [4.78, 5) is 15.9. The number of esters is 1. The van der Waals surface area contributed by atoms with E-state index in [1.807, 2.05) is 42.5 Å². The molecule has 0 bridgehead atoms. The second kappa shape index (κ2) is 11.6. The summed E-state index contributed by atoms with van der Waals surface area (Å²) >= 11 is 0. The normalized spacial score (nSPS) is 14.3. The fraction of sp³-hybridized carbons (Fsp3) is 0.258. The van der Waals surface area contributed by atoms with Gasteiger partial charge in [-0.1, -0.05) is 18.2 Å². The maximum atomic E-state index is 11.9. The van der Waals surface area contributed by atoms with Crippen molar-refractivity contribution in [3.8, 4) is 28.4 Å². The molecule has 0 aromatic heterocycles. The van der Waals surface area contributed by atoms with Gasteiger partial charge >= 0.3 is 5.97 Å². The number of anilines is 1. The highest BCUT2D eigenvalue weighted by Crippen LogP contribution is 2.41. The minimum Gasteiger partial charge on any atom is -0.508 e. The number of rotatable bonds is 8. The number of phenolic OH excluding ortho intramolecular Hbond substituents is 1. The van der Waals surface area contributed by atoms with Crippen LogP contribution in [0.2, 0.25) is 0 Å². The number of sulfone groups is 1. The quantitative estimate of drug-likeness (QED) is 0.298. The van der Waals surface area contributed by atoms with Crippen molar-refractivity contribution in [2.24, 2.45) is 0 Å². The minimum atomic E-state index is -3.31. The minimum absolute atomic E-state index is 0.166. The fourth-order valence-electron chi connectivity index (χ4n) is 4.90. The van der Waals surface area contributed by atoms with E-state index in [0.717, 1.165) is 60.3 Å². The predicted molar refractivity (Wildman–Crippen MR) is 156 cm³/mol. The van der Waals surface area contributed by atoms with Crippen molar-refractivity contribution in [1.82, 2.24) is 4.90 Å². The Balaban J connectivity index is 1.36. The van der Waals surface area contributed by atoms with E-state index in [9.17, 15) is 18.3 Å². The lowest BCUT2D eigenvalue weighted by molar-refractivity contribution is -0.141. The molecule has 208 valence electrons. The van der Waals surface area contributed by atoms with E-state index in [1.165, 1.54) is 13.2 Å². The van der Waals surface area contributed by atoms with E-state index in [-0.39, 0.29) is 16.6 Å². The highest BCUT2D eigenvalue weighted by Gasteiger charge is 2.18. The van der Waals surface area contributed by atoms with Gasteiger partial charge in [-0.2, -0.15) is 0 Å². The van der Waals surface area contributed by atoms with Crippen molar-refractivity contribution in [3.05, 3.63) is 78.9 Å². The number of hydrogen-bond donors (Lipinski definition) is 1. The number of piperazine rings is 1. The molecule has 4 aromatic carbocycles. The predicted octanol–water partition coefficient (Wildman–Crippen LogP) is 5.09. The number of ether oxygens (including phenoxy) is 2. The van der Waals surface area contributed by atoms with E-state index >= 15 is 0 Å². The summed E-state index contributed by atoms with van der Waals surface area (Å²) < 4.78 is 35.4. The Hall–Kier alpha value is -4.08. The zero-order chi connectivity index (χ0) is 28.3. The summed E-state index contributed by atoms with van der Waals surface area (Å²) in [5.74, 6) is 1.20. The molecule has 4 aromatic rings. The number of benzene rings is 4. The van der Waals surface area contributed by atoms with Crippen LogP contribution in [-0.2, 0) is 19.4 Å². The highest BCUT2D eigenvalue weighted by atomic mass is 32.2. The summed E-state index contributed by atoms with van der Waals surface area (Å²) in [6.07, 6.45) is 1.19. The van der Waals surface area contributed by atoms with Crippen molar-refractivity contribution in [1.29, 1.82) is 0 Å². The van der Waals surface area contributed by atoms with Crippen LogP contribution >= 0.6 is 0 Å². The van der Waals surface area contributed by atoms with Gasteiger partial charge in [0.2, 0.25) is 0 Å². The molecule has 1 heterocycles. The molecule has 1 fully saturated rings. The Morgan fingerprint density at radius 3 is 2.25 bits per heavy atom. The number of fused-ring (bicyclic) bond motifs is 1. The van der Waals surface area contributed by atoms with Gasteiger partial charge in [0.15, 0.2) is 9.84 Å². The van der Waals surface area contributed by atoms with Crippen LogP contribution in [-0.4, -0.2) is 70.0 Å². The second-order valence-corrected chi connectivity index (χ2v) is 11.9. The molecule has 0 amide bonds. The Kier molecular flexibility index (Phi) is 7.95. The van der Waals surface area contributed by atoms with Crippen LogP contribution in [0.25, 0.3) is 21.9 Å². The third kappa shape index (κ3) is 6.38. The Morgan fingerprint density at radius 2 is 1.60 bits per heavy atom. The molecule has 9 heteroatoms. The van der Waals surface area contributed by atoms with Gasteiger partial charge in [0.25, 0.3) is 0 Å². The summed E-state index contributed by atoms with van der Waals surface area (Å²) in [5.41, 5.74) is 2.74. The SMILES string of the molecule is CC(=O)OCCN1CCN(c2ccc(Oc3c(-c4ccc(S(C)(=O)=O)cc4)ccc4cc(O)ccc34)cc2)CC1. The van der Waals surface area contributed by atoms with E-state index in [1.54, 1.807) is 36.4 Å². The second-order valence-electron chi connectivity index (χ2n) is 9.91. The molecule has 0 spiro atoms. The van der Waals surface area contributed by atoms with E-state index in [0.29, 0.717) is 18.1 Å². The van der Waals surface area contributed by atoms with E-state index < -0.39 is 9.84 Å². The third-order valence-electron chi connectivity index (χ3n) is 7.05. The molecule has 8 nitrogen and oxygen atoms in total. The molecule has 1 saturated heterocycles. The Bertz CT molecular complexity index is 1610. The van der Waals surface area contributed by atoms with Crippen molar-refractivity contribution >= 4 is 32.3 Å². The molecule has 0 atom stereocenters. The lowest BCUT2D eigenvalue weighted by atomic mass is 9.99. The zero-order valence-corrected chi connectivity index (χ0v) is 23.4. The number of nitrogens with zero attached hydrogens (tertiary/aromatic N) is 2. The molecule has 40 heavy (non-hydrogen) atoms. The van der Waals surface area contributed by atoms with Crippen molar-refractivity contribution in [2.45, 2.75) is 11.8 Å². The smallest absolute Gasteiger partial charge is 0.302 e. The molecule has 0 unspecified atom stereocenters. The molecule has 1 N–H and O–H groups in total. The number of carbonyl (C=O) groups excluding carboxylic acids is 1. The Morgan fingerprint density at radius 1 is 0.900 bits per heavy atom. The number of hydrogen-bond acceptors (Lipinski definition) is 8. The number of carbonyl (C=O) groups is 1. The summed E-state index contributed by atoms with van der Waals surface area (Å²) in [5, 5.41) is 11.7. The van der Waals surface area contributed by atoms with Gasteiger partial charge in [-0.15, -0.1) is 0 Å². The molecular formula is C31H32N2O6S. The molecule has 1 aliphatic heterocycles. The average molecular weight is 561 g/mol. The van der Waals surface area contributed by atoms with Crippen LogP contribution in [0.15, 0.2) is 83.8 Å². The lowest BCUT2D eigenvalue weighted by Gasteiger charge is -2.36. The molecule has 5 rings (SSSR count). The van der Waals surface area contributed by atoms with Crippen molar-refractivity contribution < 1.29 is 27.8 Å². The van der Waals surface area contributed by atoms with Gasteiger partial charge in [-0.3, -0.25) is 9.69 Å². The maximum Gasteiger partial charge on any atom is 0.302 e. The van der Waals surface area contributed by atoms with Crippen molar-refractivity contribution in [3.63, 3.8) is 0 Å². The molecule has 0 aliphatic carbocycles. The zero-order valence-electron chi connectivity index (χ0n) is 22.5. The summed E-state index contributed by atoms with van der Waals surface area (Å²) in [6, 6.07) is 23.7. The number of phenols is 1. The van der Waals surface area contributed by atoms with Gasteiger partial charge < -0.3 is 19.5 Å². The Labute approximate surface area is 234 Å². The highest BCUT2D eigenvalue weighted by molar-refractivity contribution is 7.90. The van der Waals surface area contributed by atoms with Crippen LogP contribution < -0.4 is 9.64 Å². The van der Waals surface area contributed by atoms with Gasteiger partial charge in [-0.25, -0.2) is 8.42 Å². The van der Waals surface area contributed by atoms with Crippen LogP contribution in [0.3, 0.4) is 0 Å². The topological polar surface area (TPSA) is 96.4 Å². The first kappa shape index (κ1) is 27.5. The first-order chi connectivity index (χ1) is 19.2. The van der Waals surface area contributed by atoms with Crippen LogP contribution in [0.1, 0.15) is 6.92 Å². The van der Waals surface area contributed by atoms with Gasteiger partial charge in [0, 0.05) is 62.5 Å². The van der Waals surface area contributed by atoms with Crippen LogP contribution in [0, 0.1) is 0 Å². The molecule has 1 aliphatic rings.